The second kappa shape index (κ2) is 6.03. The first-order valence-electron chi connectivity index (χ1n) is 6.20. The lowest BCUT2D eigenvalue weighted by Gasteiger charge is -2.16. The predicted octanol–water partition coefficient (Wildman–Crippen LogP) is 3.93. The Kier molecular flexibility index (Phi) is 4.40. The first-order chi connectivity index (χ1) is 8.70. The molecule has 2 aromatic carbocycles. The average Bonchev–Trinajstić information content (AvgIpc) is 2.39. The Hall–Kier alpha value is -1.31. The van der Waals surface area contributed by atoms with Gasteiger partial charge in [0.2, 0.25) is 0 Å². The van der Waals surface area contributed by atoms with E-state index in [2.05, 4.69) is 37.3 Å². The Bertz CT molecular complexity index is 505. The number of benzene rings is 2. The number of nitrogens with two attached hydrogens (primary N) is 1. The third-order valence-corrected chi connectivity index (χ3v) is 3.63. The molecule has 0 aromatic heterocycles. The molecule has 2 N–H and O–H groups in total. The van der Waals surface area contributed by atoms with Crippen LogP contribution < -0.4 is 5.73 Å². The molecule has 0 bridgehead atoms. The number of hydrogen-bond donors (Lipinski definition) is 1. The summed E-state index contributed by atoms with van der Waals surface area (Å²) in [6.07, 6.45) is 0.888. The highest BCUT2D eigenvalue weighted by molar-refractivity contribution is 6.31. The normalized spacial score (nSPS) is 12.4. The molecule has 0 saturated heterocycles. The van der Waals surface area contributed by atoms with Gasteiger partial charge in [-0.1, -0.05) is 59.6 Å². The van der Waals surface area contributed by atoms with E-state index in [1.807, 2.05) is 18.2 Å². The summed E-state index contributed by atoms with van der Waals surface area (Å²) in [7, 11) is 0. The molecule has 1 unspecified atom stereocenters. The minimum atomic E-state index is 0.325. The standard InChI is InChI=1S/C16H18ClN/c1-12-6-8-13(9-7-12)15(11-18)10-14-4-2-3-5-16(14)17/h2-9,15H,10-11,18H2,1H3. The van der Waals surface area contributed by atoms with Crippen LogP contribution in [0.5, 0.6) is 0 Å². The van der Waals surface area contributed by atoms with Crippen LogP contribution in [0.1, 0.15) is 22.6 Å². The van der Waals surface area contributed by atoms with Crippen LogP contribution in [-0.4, -0.2) is 6.54 Å². The van der Waals surface area contributed by atoms with Crippen molar-refractivity contribution in [1.82, 2.24) is 0 Å². The van der Waals surface area contributed by atoms with Gasteiger partial charge in [0, 0.05) is 10.9 Å². The lowest BCUT2D eigenvalue weighted by Crippen LogP contribution is -2.15. The molecule has 0 amide bonds. The molecule has 1 nitrogen and oxygen atoms in total. The van der Waals surface area contributed by atoms with Gasteiger partial charge in [-0.2, -0.15) is 0 Å². The minimum Gasteiger partial charge on any atom is -0.330 e. The molecule has 2 heteroatoms. The molecular weight excluding hydrogens is 242 g/mol. The van der Waals surface area contributed by atoms with Crippen molar-refractivity contribution < 1.29 is 0 Å². The Balaban J connectivity index is 2.20. The van der Waals surface area contributed by atoms with Gasteiger partial charge in [0.25, 0.3) is 0 Å². The van der Waals surface area contributed by atoms with Gasteiger partial charge in [0.15, 0.2) is 0 Å². The van der Waals surface area contributed by atoms with Gasteiger partial charge in [0.1, 0.15) is 0 Å². The minimum absolute atomic E-state index is 0.325. The number of rotatable bonds is 4. The van der Waals surface area contributed by atoms with Crippen molar-refractivity contribution in [3.05, 3.63) is 70.2 Å². The third kappa shape index (κ3) is 3.12. The maximum Gasteiger partial charge on any atom is 0.0438 e. The Morgan fingerprint density at radius 2 is 1.72 bits per heavy atom. The smallest absolute Gasteiger partial charge is 0.0438 e. The molecule has 2 aromatic rings. The van der Waals surface area contributed by atoms with Gasteiger partial charge >= 0.3 is 0 Å². The van der Waals surface area contributed by atoms with E-state index in [4.69, 9.17) is 17.3 Å². The Morgan fingerprint density at radius 1 is 1.06 bits per heavy atom. The lowest BCUT2D eigenvalue weighted by molar-refractivity contribution is 0.694. The van der Waals surface area contributed by atoms with Gasteiger partial charge in [-0.25, -0.2) is 0 Å². The Labute approximate surface area is 114 Å². The highest BCUT2D eigenvalue weighted by atomic mass is 35.5. The molecule has 0 spiro atoms. The van der Waals surface area contributed by atoms with E-state index in [9.17, 15) is 0 Å². The highest BCUT2D eigenvalue weighted by Gasteiger charge is 2.12. The van der Waals surface area contributed by atoms with Crippen molar-refractivity contribution in [2.45, 2.75) is 19.3 Å². The van der Waals surface area contributed by atoms with E-state index in [1.165, 1.54) is 11.1 Å². The van der Waals surface area contributed by atoms with E-state index in [-0.39, 0.29) is 0 Å². The van der Waals surface area contributed by atoms with Crippen molar-refractivity contribution in [1.29, 1.82) is 0 Å². The predicted molar refractivity (Wildman–Crippen MR) is 78.1 cm³/mol. The largest absolute Gasteiger partial charge is 0.330 e. The summed E-state index contributed by atoms with van der Waals surface area (Å²) in [5.41, 5.74) is 9.61. The van der Waals surface area contributed by atoms with Crippen molar-refractivity contribution in [2.24, 2.45) is 5.73 Å². The summed E-state index contributed by atoms with van der Waals surface area (Å²) in [6.45, 7) is 2.73. The summed E-state index contributed by atoms with van der Waals surface area (Å²) in [4.78, 5) is 0. The zero-order valence-corrected chi connectivity index (χ0v) is 11.3. The van der Waals surface area contributed by atoms with Crippen LogP contribution in [0.3, 0.4) is 0 Å². The first-order valence-corrected chi connectivity index (χ1v) is 6.58. The molecule has 0 radical (unpaired) electrons. The molecule has 1 atom stereocenters. The third-order valence-electron chi connectivity index (χ3n) is 3.26. The first kappa shape index (κ1) is 13.1. The summed E-state index contributed by atoms with van der Waals surface area (Å²) >= 11 is 6.20. The molecule has 0 heterocycles. The molecule has 0 aliphatic heterocycles. The highest BCUT2D eigenvalue weighted by Crippen LogP contribution is 2.24. The zero-order valence-electron chi connectivity index (χ0n) is 10.6. The lowest BCUT2D eigenvalue weighted by atomic mass is 9.91. The van der Waals surface area contributed by atoms with Crippen LogP contribution in [-0.2, 0) is 6.42 Å². The number of hydrogen-bond acceptors (Lipinski definition) is 1. The summed E-state index contributed by atoms with van der Waals surface area (Å²) in [6, 6.07) is 16.5. The van der Waals surface area contributed by atoms with Crippen molar-refractivity contribution in [3.8, 4) is 0 Å². The van der Waals surface area contributed by atoms with E-state index in [0.717, 1.165) is 17.0 Å². The maximum absolute atomic E-state index is 6.20. The van der Waals surface area contributed by atoms with Gasteiger partial charge < -0.3 is 5.73 Å². The quantitative estimate of drug-likeness (QED) is 0.885. The molecular formula is C16H18ClN. The molecule has 94 valence electrons. The van der Waals surface area contributed by atoms with E-state index in [1.54, 1.807) is 0 Å². The fourth-order valence-electron chi connectivity index (χ4n) is 2.11. The fraction of sp³-hybridized carbons (Fsp3) is 0.250. The molecule has 0 aliphatic carbocycles. The molecule has 18 heavy (non-hydrogen) atoms. The Morgan fingerprint density at radius 3 is 2.33 bits per heavy atom. The molecule has 2 rings (SSSR count). The second-order valence-corrected chi connectivity index (χ2v) is 5.05. The number of halogens is 1. The van der Waals surface area contributed by atoms with Crippen LogP contribution in [0.25, 0.3) is 0 Å². The summed E-state index contributed by atoms with van der Waals surface area (Å²) in [5.74, 6) is 0.325. The van der Waals surface area contributed by atoms with Gasteiger partial charge in [-0.15, -0.1) is 0 Å². The molecule has 0 aliphatic rings. The van der Waals surface area contributed by atoms with E-state index in [0.29, 0.717) is 12.5 Å². The van der Waals surface area contributed by atoms with Gasteiger partial charge in [-0.3, -0.25) is 0 Å². The van der Waals surface area contributed by atoms with Crippen molar-refractivity contribution in [2.75, 3.05) is 6.54 Å². The zero-order chi connectivity index (χ0) is 13.0. The fourth-order valence-corrected chi connectivity index (χ4v) is 2.32. The van der Waals surface area contributed by atoms with Gasteiger partial charge in [-0.05, 0) is 37.1 Å². The average molecular weight is 260 g/mol. The van der Waals surface area contributed by atoms with Crippen LogP contribution >= 0.6 is 11.6 Å². The SMILES string of the molecule is Cc1ccc(C(CN)Cc2ccccc2Cl)cc1. The van der Waals surface area contributed by atoms with Gasteiger partial charge in [0.05, 0.1) is 0 Å². The summed E-state index contributed by atoms with van der Waals surface area (Å²) < 4.78 is 0. The molecule has 0 saturated carbocycles. The van der Waals surface area contributed by atoms with Crippen LogP contribution in [0.15, 0.2) is 48.5 Å². The molecule has 0 fully saturated rings. The van der Waals surface area contributed by atoms with Crippen molar-refractivity contribution >= 4 is 11.6 Å². The monoisotopic (exact) mass is 259 g/mol. The topological polar surface area (TPSA) is 26.0 Å². The number of aryl methyl sites for hydroxylation is 1. The summed E-state index contributed by atoms with van der Waals surface area (Å²) in [5, 5.41) is 0.822. The second-order valence-electron chi connectivity index (χ2n) is 4.64. The van der Waals surface area contributed by atoms with Crippen LogP contribution in [0, 0.1) is 6.92 Å². The van der Waals surface area contributed by atoms with Crippen molar-refractivity contribution in [3.63, 3.8) is 0 Å². The van der Waals surface area contributed by atoms with Crippen LogP contribution in [0.4, 0.5) is 0 Å². The van der Waals surface area contributed by atoms with Crippen LogP contribution in [0.2, 0.25) is 5.02 Å². The van der Waals surface area contributed by atoms with E-state index < -0.39 is 0 Å². The van der Waals surface area contributed by atoms with E-state index >= 15 is 0 Å². The maximum atomic E-state index is 6.20.